The SMILES string of the molecule is Cc1nc(CNC(=O)N[C@@H](CO)Cc2ccccc2)sc1C. The van der Waals surface area contributed by atoms with E-state index in [0.29, 0.717) is 13.0 Å². The Morgan fingerprint density at radius 1 is 1.32 bits per heavy atom. The number of nitrogens with zero attached hydrogens (tertiary/aromatic N) is 1. The topological polar surface area (TPSA) is 74.2 Å². The van der Waals surface area contributed by atoms with Crippen LogP contribution in [0.3, 0.4) is 0 Å². The Morgan fingerprint density at radius 3 is 2.64 bits per heavy atom. The number of hydrogen-bond acceptors (Lipinski definition) is 4. The lowest BCUT2D eigenvalue weighted by Gasteiger charge is -2.16. The van der Waals surface area contributed by atoms with Crippen molar-refractivity contribution < 1.29 is 9.90 Å². The van der Waals surface area contributed by atoms with Crippen molar-refractivity contribution in [2.24, 2.45) is 0 Å². The van der Waals surface area contributed by atoms with Crippen molar-refractivity contribution in [3.8, 4) is 0 Å². The molecule has 5 nitrogen and oxygen atoms in total. The number of aliphatic hydroxyl groups is 1. The molecule has 1 aromatic heterocycles. The van der Waals surface area contributed by atoms with E-state index in [2.05, 4.69) is 15.6 Å². The zero-order chi connectivity index (χ0) is 15.9. The fourth-order valence-electron chi connectivity index (χ4n) is 2.07. The van der Waals surface area contributed by atoms with Crippen molar-refractivity contribution in [2.75, 3.05) is 6.61 Å². The van der Waals surface area contributed by atoms with E-state index in [-0.39, 0.29) is 18.7 Å². The van der Waals surface area contributed by atoms with Gasteiger partial charge in [0.25, 0.3) is 0 Å². The first-order valence-corrected chi connectivity index (χ1v) is 8.02. The second-order valence-corrected chi connectivity index (χ2v) is 6.43. The molecule has 0 unspecified atom stereocenters. The molecule has 3 N–H and O–H groups in total. The monoisotopic (exact) mass is 319 g/mol. The summed E-state index contributed by atoms with van der Waals surface area (Å²) in [5, 5.41) is 15.9. The third-order valence-corrected chi connectivity index (χ3v) is 4.43. The maximum atomic E-state index is 11.9. The molecular formula is C16H21N3O2S. The molecule has 118 valence electrons. The average Bonchev–Trinajstić information content (AvgIpc) is 2.84. The number of hydrogen-bond donors (Lipinski definition) is 3. The summed E-state index contributed by atoms with van der Waals surface area (Å²) in [5.41, 5.74) is 2.08. The summed E-state index contributed by atoms with van der Waals surface area (Å²) in [6.07, 6.45) is 0.597. The summed E-state index contributed by atoms with van der Waals surface area (Å²) < 4.78 is 0. The number of amides is 2. The van der Waals surface area contributed by atoms with Crippen molar-refractivity contribution in [1.82, 2.24) is 15.6 Å². The van der Waals surface area contributed by atoms with Gasteiger partial charge < -0.3 is 15.7 Å². The van der Waals surface area contributed by atoms with Gasteiger partial charge >= 0.3 is 6.03 Å². The lowest BCUT2D eigenvalue weighted by molar-refractivity contribution is 0.215. The van der Waals surface area contributed by atoms with Gasteiger partial charge in [-0.3, -0.25) is 0 Å². The molecule has 1 atom stereocenters. The first-order chi connectivity index (χ1) is 10.6. The van der Waals surface area contributed by atoms with E-state index in [4.69, 9.17) is 0 Å². The van der Waals surface area contributed by atoms with Crippen LogP contribution in [-0.2, 0) is 13.0 Å². The fourth-order valence-corrected chi connectivity index (χ4v) is 2.94. The molecule has 6 heteroatoms. The van der Waals surface area contributed by atoms with Gasteiger partial charge in [-0.1, -0.05) is 30.3 Å². The van der Waals surface area contributed by atoms with Crippen LogP contribution in [0.1, 0.15) is 21.1 Å². The van der Waals surface area contributed by atoms with Gasteiger partial charge in [-0.25, -0.2) is 9.78 Å². The van der Waals surface area contributed by atoms with Crippen LogP contribution in [0.4, 0.5) is 4.79 Å². The van der Waals surface area contributed by atoms with E-state index in [1.165, 1.54) is 0 Å². The number of aromatic nitrogens is 1. The first-order valence-electron chi connectivity index (χ1n) is 7.20. The van der Waals surface area contributed by atoms with E-state index < -0.39 is 0 Å². The lowest BCUT2D eigenvalue weighted by atomic mass is 10.1. The number of carbonyl (C=O) groups excluding carboxylic acids is 1. The number of aliphatic hydroxyl groups excluding tert-OH is 1. The number of carbonyl (C=O) groups is 1. The van der Waals surface area contributed by atoms with E-state index in [0.717, 1.165) is 21.1 Å². The van der Waals surface area contributed by atoms with Crippen LogP contribution in [0.5, 0.6) is 0 Å². The number of urea groups is 1. The van der Waals surface area contributed by atoms with Gasteiger partial charge in [-0.15, -0.1) is 11.3 Å². The van der Waals surface area contributed by atoms with Crippen molar-refractivity contribution in [2.45, 2.75) is 32.9 Å². The molecule has 0 aliphatic carbocycles. The molecule has 2 amide bonds. The minimum Gasteiger partial charge on any atom is -0.394 e. The van der Waals surface area contributed by atoms with Crippen LogP contribution in [-0.4, -0.2) is 28.8 Å². The zero-order valence-electron chi connectivity index (χ0n) is 12.8. The van der Waals surface area contributed by atoms with Crippen molar-refractivity contribution >= 4 is 17.4 Å². The number of benzene rings is 1. The van der Waals surface area contributed by atoms with Gasteiger partial charge in [0.2, 0.25) is 0 Å². The molecule has 0 bridgehead atoms. The van der Waals surface area contributed by atoms with E-state index in [9.17, 15) is 9.90 Å². The third kappa shape index (κ3) is 4.82. The Labute approximate surface area is 134 Å². The maximum Gasteiger partial charge on any atom is 0.315 e. The molecule has 1 aromatic carbocycles. The van der Waals surface area contributed by atoms with Gasteiger partial charge in [-0.05, 0) is 25.8 Å². The van der Waals surface area contributed by atoms with Crippen LogP contribution in [0.15, 0.2) is 30.3 Å². The smallest absolute Gasteiger partial charge is 0.315 e. The van der Waals surface area contributed by atoms with Gasteiger partial charge in [0.05, 0.1) is 24.9 Å². The summed E-state index contributed by atoms with van der Waals surface area (Å²) in [6.45, 7) is 4.27. The zero-order valence-corrected chi connectivity index (χ0v) is 13.6. The predicted molar refractivity (Wildman–Crippen MR) is 88.0 cm³/mol. The Balaban J connectivity index is 1.81. The first kappa shape index (κ1) is 16.5. The number of thiazole rings is 1. The Hall–Kier alpha value is -1.92. The van der Waals surface area contributed by atoms with Crippen molar-refractivity contribution in [1.29, 1.82) is 0 Å². The Kier molecular flexibility index (Phi) is 5.91. The fraction of sp³-hybridized carbons (Fsp3) is 0.375. The van der Waals surface area contributed by atoms with Crippen LogP contribution in [0.2, 0.25) is 0 Å². The van der Waals surface area contributed by atoms with Crippen LogP contribution >= 0.6 is 11.3 Å². The minimum absolute atomic E-state index is 0.0994. The number of rotatable bonds is 6. The number of nitrogens with one attached hydrogen (secondary N) is 2. The van der Waals surface area contributed by atoms with E-state index in [1.54, 1.807) is 11.3 Å². The second kappa shape index (κ2) is 7.91. The Morgan fingerprint density at radius 2 is 2.05 bits per heavy atom. The van der Waals surface area contributed by atoms with Crippen LogP contribution < -0.4 is 10.6 Å². The summed E-state index contributed by atoms with van der Waals surface area (Å²) in [7, 11) is 0. The standard InChI is InChI=1S/C16H21N3O2S/c1-11-12(2)22-15(18-11)9-17-16(21)19-14(10-20)8-13-6-4-3-5-7-13/h3-7,14,20H,8-10H2,1-2H3,(H2,17,19,21)/t14-/m1/s1. The highest BCUT2D eigenvalue weighted by Crippen LogP contribution is 2.15. The average molecular weight is 319 g/mol. The lowest BCUT2D eigenvalue weighted by Crippen LogP contribution is -2.44. The van der Waals surface area contributed by atoms with Gasteiger partial charge in [0, 0.05) is 4.88 Å². The summed E-state index contributed by atoms with van der Waals surface area (Å²) in [6, 6.07) is 9.18. The van der Waals surface area contributed by atoms with Crippen LogP contribution in [0, 0.1) is 13.8 Å². The molecule has 0 aliphatic heterocycles. The number of aryl methyl sites for hydroxylation is 2. The van der Waals surface area contributed by atoms with E-state index >= 15 is 0 Å². The normalized spacial score (nSPS) is 12.0. The summed E-state index contributed by atoms with van der Waals surface area (Å²) >= 11 is 1.58. The highest BCUT2D eigenvalue weighted by molar-refractivity contribution is 7.11. The molecule has 0 saturated heterocycles. The largest absolute Gasteiger partial charge is 0.394 e. The molecule has 2 aromatic rings. The maximum absolute atomic E-state index is 11.9. The van der Waals surface area contributed by atoms with E-state index in [1.807, 2.05) is 44.2 Å². The molecule has 1 heterocycles. The highest BCUT2D eigenvalue weighted by atomic mass is 32.1. The van der Waals surface area contributed by atoms with Gasteiger partial charge in [0.15, 0.2) is 0 Å². The van der Waals surface area contributed by atoms with Crippen molar-refractivity contribution in [3.05, 3.63) is 51.5 Å². The molecule has 0 aliphatic rings. The Bertz CT molecular complexity index is 594. The second-order valence-electron chi connectivity index (χ2n) is 5.15. The molecule has 0 spiro atoms. The molecule has 0 saturated carbocycles. The third-order valence-electron chi connectivity index (χ3n) is 3.35. The molecule has 0 radical (unpaired) electrons. The predicted octanol–water partition coefficient (Wildman–Crippen LogP) is 2.16. The summed E-state index contributed by atoms with van der Waals surface area (Å²) in [5.74, 6) is 0. The van der Waals surface area contributed by atoms with Gasteiger partial charge in [0.1, 0.15) is 5.01 Å². The van der Waals surface area contributed by atoms with Crippen molar-refractivity contribution in [3.63, 3.8) is 0 Å². The van der Waals surface area contributed by atoms with Gasteiger partial charge in [-0.2, -0.15) is 0 Å². The minimum atomic E-state index is -0.304. The summed E-state index contributed by atoms with van der Waals surface area (Å²) in [4.78, 5) is 17.4. The van der Waals surface area contributed by atoms with Crippen LogP contribution in [0.25, 0.3) is 0 Å². The molecule has 0 fully saturated rings. The molecular weight excluding hydrogens is 298 g/mol. The highest BCUT2D eigenvalue weighted by Gasteiger charge is 2.12. The molecule has 2 rings (SSSR count). The quantitative estimate of drug-likeness (QED) is 0.764. The molecule has 22 heavy (non-hydrogen) atoms.